The summed E-state index contributed by atoms with van der Waals surface area (Å²) in [6, 6.07) is 1.66. The minimum Gasteiger partial charge on any atom is -0.464 e. The Labute approximate surface area is 118 Å². The van der Waals surface area contributed by atoms with Crippen LogP contribution in [0.2, 0.25) is 0 Å². The molecule has 0 saturated carbocycles. The van der Waals surface area contributed by atoms with E-state index in [1.54, 1.807) is 6.92 Å². The van der Waals surface area contributed by atoms with Gasteiger partial charge in [-0.15, -0.1) is 0 Å². The van der Waals surface area contributed by atoms with Crippen molar-refractivity contribution in [3.05, 3.63) is 29.3 Å². The van der Waals surface area contributed by atoms with E-state index in [2.05, 4.69) is 5.32 Å². The third-order valence-corrected chi connectivity index (χ3v) is 2.85. The summed E-state index contributed by atoms with van der Waals surface area (Å²) in [5.74, 6) is -1.56. The summed E-state index contributed by atoms with van der Waals surface area (Å²) in [6.45, 7) is 1.45. The highest BCUT2D eigenvalue weighted by molar-refractivity contribution is 5.98. The fourth-order valence-corrected chi connectivity index (χ4v) is 1.85. The monoisotopic (exact) mass is 303 g/mol. The van der Waals surface area contributed by atoms with E-state index in [1.807, 2.05) is 0 Å². The Hall–Kier alpha value is -2.25. The van der Waals surface area contributed by atoms with E-state index < -0.39 is 29.7 Å². The minimum absolute atomic E-state index is 0.101. The second-order valence-electron chi connectivity index (χ2n) is 4.31. The van der Waals surface area contributed by atoms with Gasteiger partial charge in [0, 0.05) is 5.69 Å². The average Bonchev–Trinajstić information content (AvgIpc) is 2.57. The van der Waals surface area contributed by atoms with Crippen LogP contribution in [0.4, 0.5) is 18.9 Å². The van der Waals surface area contributed by atoms with E-state index in [9.17, 15) is 22.8 Å². The Balaban J connectivity index is 2.33. The highest BCUT2D eigenvalue weighted by atomic mass is 19.4. The summed E-state index contributed by atoms with van der Waals surface area (Å²) < 4.78 is 47.5. The molecule has 0 saturated heterocycles. The number of carbonyl (C=O) groups excluding carboxylic acids is 2. The number of alkyl halides is 3. The first-order valence-electron chi connectivity index (χ1n) is 6.14. The third-order valence-electron chi connectivity index (χ3n) is 2.85. The number of halogens is 3. The highest BCUT2D eigenvalue weighted by Gasteiger charge is 2.34. The molecule has 1 aromatic carbocycles. The van der Waals surface area contributed by atoms with Crippen LogP contribution in [-0.2, 0) is 20.4 Å². The lowest BCUT2D eigenvalue weighted by Crippen LogP contribution is -2.34. The fourth-order valence-electron chi connectivity index (χ4n) is 1.85. The Morgan fingerprint density at radius 1 is 1.48 bits per heavy atom. The highest BCUT2D eigenvalue weighted by Crippen LogP contribution is 2.33. The van der Waals surface area contributed by atoms with Gasteiger partial charge in [-0.3, -0.25) is 0 Å². The Bertz CT molecular complexity index is 571. The van der Waals surface area contributed by atoms with Crippen molar-refractivity contribution in [3.8, 4) is 0 Å². The van der Waals surface area contributed by atoms with Crippen molar-refractivity contribution < 1.29 is 32.2 Å². The molecule has 1 aliphatic rings. The Morgan fingerprint density at radius 3 is 2.81 bits per heavy atom. The molecule has 1 atom stereocenters. The van der Waals surface area contributed by atoms with Crippen LogP contribution >= 0.6 is 0 Å². The second kappa shape index (κ2) is 5.63. The number of hydrogen-bond donors (Lipinski definition) is 1. The minimum atomic E-state index is -4.57. The van der Waals surface area contributed by atoms with Gasteiger partial charge in [-0.05, 0) is 25.1 Å². The number of esters is 2. The molecule has 0 fully saturated rings. The van der Waals surface area contributed by atoms with Gasteiger partial charge in [0.2, 0.25) is 0 Å². The largest absolute Gasteiger partial charge is 0.464 e. The lowest BCUT2D eigenvalue weighted by molar-refractivity contribution is -0.144. The number of anilines is 1. The zero-order chi connectivity index (χ0) is 15.6. The van der Waals surface area contributed by atoms with E-state index in [4.69, 9.17) is 9.47 Å². The van der Waals surface area contributed by atoms with E-state index in [0.717, 1.165) is 12.1 Å². The normalized spacial score (nSPS) is 18.1. The van der Waals surface area contributed by atoms with Crippen LogP contribution in [-0.4, -0.2) is 31.2 Å². The molecule has 5 nitrogen and oxygen atoms in total. The van der Waals surface area contributed by atoms with Gasteiger partial charge in [0.05, 0.1) is 17.7 Å². The number of rotatable bonds is 2. The predicted molar refractivity (Wildman–Crippen MR) is 65.8 cm³/mol. The third kappa shape index (κ3) is 3.26. The van der Waals surface area contributed by atoms with Gasteiger partial charge in [0.25, 0.3) is 0 Å². The molecule has 21 heavy (non-hydrogen) atoms. The molecule has 0 spiro atoms. The lowest BCUT2D eigenvalue weighted by atomic mass is 10.1. The summed E-state index contributed by atoms with van der Waals surface area (Å²) in [4.78, 5) is 23.4. The SMILES string of the molecule is CCOC(=O)C1COC(=O)c2cc(C(F)(F)F)ccc2N1. The molecule has 1 aliphatic heterocycles. The molecule has 0 radical (unpaired) electrons. The predicted octanol–water partition coefficient (Wildman–Crippen LogP) is 2.22. The van der Waals surface area contributed by atoms with Gasteiger partial charge < -0.3 is 14.8 Å². The number of nitrogens with one attached hydrogen (secondary N) is 1. The Morgan fingerprint density at radius 2 is 2.19 bits per heavy atom. The molecule has 0 bridgehead atoms. The quantitative estimate of drug-likeness (QED) is 0.849. The van der Waals surface area contributed by atoms with Crippen molar-refractivity contribution in [1.29, 1.82) is 0 Å². The van der Waals surface area contributed by atoms with Crippen LogP contribution in [0.25, 0.3) is 0 Å². The molecule has 8 heteroatoms. The van der Waals surface area contributed by atoms with Gasteiger partial charge in [-0.2, -0.15) is 13.2 Å². The molecule has 1 unspecified atom stereocenters. The summed E-state index contributed by atoms with van der Waals surface area (Å²) in [6.07, 6.45) is -4.57. The van der Waals surface area contributed by atoms with Crippen LogP contribution in [0.3, 0.4) is 0 Å². The van der Waals surface area contributed by atoms with E-state index in [1.165, 1.54) is 0 Å². The van der Waals surface area contributed by atoms with Crippen LogP contribution in [0.15, 0.2) is 18.2 Å². The van der Waals surface area contributed by atoms with Crippen molar-refractivity contribution in [2.45, 2.75) is 19.1 Å². The molecular formula is C13H12F3NO4. The van der Waals surface area contributed by atoms with Gasteiger partial charge in [-0.1, -0.05) is 0 Å². The van der Waals surface area contributed by atoms with Gasteiger partial charge >= 0.3 is 18.1 Å². The maximum atomic E-state index is 12.6. The zero-order valence-electron chi connectivity index (χ0n) is 11.0. The van der Waals surface area contributed by atoms with Crippen molar-refractivity contribution in [2.24, 2.45) is 0 Å². The topological polar surface area (TPSA) is 64.6 Å². The van der Waals surface area contributed by atoms with E-state index in [0.29, 0.717) is 6.07 Å². The second-order valence-corrected chi connectivity index (χ2v) is 4.31. The maximum Gasteiger partial charge on any atom is 0.416 e. The van der Waals surface area contributed by atoms with Crippen molar-refractivity contribution in [2.75, 3.05) is 18.5 Å². The molecule has 0 aliphatic carbocycles. The first-order valence-corrected chi connectivity index (χ1v) is 6.14. The van der Waals surface area contributed by atoms with Crippen LogP contribution in [0.1, 0.15) is 22.8 Å². The van der Waals surface area contributed by atoms with Gasteiger partial charge in [-0.25, -0.2) is 9.59 Å². The average molecular weight is 303 g/mol. The fraction of sp³-hybridized carbons (Fsp3) is 0.385. The van der Waals surface area contributed by atoms with Crippen molar-refractivity contribution in [1.82, 2.24) is 0 Å². The molecule has 114 valence electrons. The molecule has 1 aromatic rings. The molecular weight excluding hydrogens is 291 g/mol. The smallest absolute Gasteiger partial charge is 0.416 e. The van der Waals surface area contributed by atoms with Crippen molar-refractivity contribution >= 4 is 17.6 Å². The molecule has 1 N–H and O–H groups in total. The van der Waals surface area contributed by atoms with Crippen molar-refractivity contribution in [3.63, 3.8) is 0 Å². The van der Waals surface area contributed by atoms with E-state index in [-0.39, 0.29) is 24.5 Å². The first-order chi connectivity index (χ1) is 9.82. The summed E-state index contributed by atoms with van der Waals surface area (Å²) in [5, 5.41) is 2.67. The van der Waals surface area contributed by atoms with E-state index >= 15 is 0 Å². The zero-order valence-corrected chi connectivity index (χ0v) is 11.0. The summed E-state index contributed by atoms with van der Waals surface area (Å²) in [7, 11) is 0. The summed E-state index contributed by atoms with van der Waals surface area (Å²) in [5.41, 5.74) is -1.13. The summed E-state index contributed by atoms with van der Waals surface area (Å²) >= 11 is 0. The molecule has 1 heterocycles. The first kappa shape index (κ1) is 15.1. The number of benzene rings is 1. The van der Waals surface area contributed by atoms with Crippen LogP contribution < -0.4 is 5.32 Å². The van der Waals surface area contributed by atoms with Crippen LogP contribution in [0.5, 0.6) is 0 Å². The van der Waals surface area contributed by atoms with Crippen LogP contribution in [0, 0.1) is 0 Å². The number of fused-ring (bicyclic) bond motifs is 1. The lowest BCUT2D eigenvalue weighted by Gasteiger charge is -2.15. The standard InChI is InChI=1S/C13H12F3NO4/c1-2-20-12(19)10-6-21-11(18)8-5-7(13(14,15)16)3-4-9(8)17-10/h3-5,10,17H,2,6H2,1H3. The molecule has 2 rings (SSSR count). The molecule has 0 amide bonds. The Kier molecular flexibility index (Phi) is 4.06. The number of hydrogen-bond acceptors (Lipinski definition) is 5. The van der Waals surface area contributed by atoms with Gasteiger partial charge in [0.1, 0.15) is 6.61 Å². The number of ether oxygens (including phenoxy) is 2. The molecule has 0 aromatic heterocycles. The van der Waals surface area contributed by atoms with Gasteiger partial charge in [0.15, 0.2) is 6.04 Å². The number of carbonyl (C=O) groups is 2. The maximum absolute atomic E-state index is 12.6. The number of cyclic esters (lactones) is 1.